The molecular formula is C12H14F3NO3. The zero-order valence-corrected chi connectivity index (χ0v) is 10.1. The Balaban J connectivity index is 3.06. The van der Waals surface area contributed by atoms with Crippen LogP contribution in [-0.4, -0.2) is 23.7 Å². The Morgan fingerprint density at radius 3 is 2.53 bits per heavy atom. The molecule has 0 aromatic heterocycles. The number of aliphatic hydroxyl groups is 1. The van der Waals surface area contributed by atoms with Gasteiger partial charge >= 0.3 is 12.1 Å². The summed E-state index contributed by atoms with van der Waals surface area (Å²) >= 11 is 0. The van der Waals surface area contributed by atoms with Crippen LogP contribution in [0.1, 0.15) is 24.2 Å². The number of halogens is 3. The van der Waals surface area contributed by atoms with Gasteiger partial charge in [0.15, 0.2) is 0 Å². The number of carbonyl (C=O) groups is 1. The second-order valence-electron chi connectivity index (χ2n) is 3.81. The van der Waals surface area contributed by atoms with E-state index >= 15 is 0 Å². The van der Waals surface area contributed by atoms with Crippen molar-refractivity contribution in [2.45, 2.75) is 25.2 Å². The summed E-state index contributed by atoms with van der Waals surface area (Å²) in [5.74, 6) is -0.952. The first-order valence-corrected chi connectivity index (χ1v) is 5.55. The minimum absolute atomic E-state index is 0.0279. The largest absolute Gasteiger partial charge is 0.465 e. The van der Waals surface area contributed by atoms with Gasteiger partial charge in [-0.2, -0.15) is 13.2 Å². The zero-order chi connectivity index (χ0) is 14.6. The number of carbonyl (C=O) groups excluding carboxylic acids is 1. The molecular weight excluding hydrogens is 263 g/mol. The van der Waals surface area contributed by atoms with Crippen LogP contribution in [0, 0.1) is 0 Å². The van der Waals surface area contributed by atoms with E-state index in [0.29, 0.717) is 0 Å². The van der Waals surface area contributed by atoms with E-state index in [1.54, 1.807) is 0 Å². The molecule has 1 rings (SSSR count). The molecule has 0 saturated heterocycles. The van der Waals surface area contributed by atoms with Gasteiger partial charge in [0.2, 0.25) is 0 Å². The monoisotopic (exact) mass is 277 g/mol. The first kappa shape index (κ1) is 15.5. The van der Waals surface area contributed by atoms with Gasteiger partial charge in [-0.05, 0) is 18.6 Å². The van der Waals surface area contributed by atoms with Crippen molar-refractivity contribution in [3.05, 3.63) is 35.4 Å². The molecule has 3 N–H and O–H groups in total. The van der Waals surface area contributed by atoms with Gasteiger partial charge in [0.25, 0.3) is 0 Å². The van der Waals surface area contributed by atoms with Crippen LogP contribution in [0.2, 0.25) is 0 Å². The van der Waals surface area contributed by atoms with Crippen molar-refractivity contribution < 1.29 is 27.8 Å². The van der Waals surface area contributed by atoms with E-state index in [4.69, 9.17) is 5.73 Å². The molecule has 0 saturated carbocycles. The topological polar surface area (TPSA) is 72.5 Å². The van der Waals surface area contributed by atoms with Crippen LogP contribution in [0.25, 0.3) is 0 Å². The van der Waals surface area contributed by atoms with Crippen molar-refractivity contribution in [3.8, 4) is 0 Å². The van der Waals surface area contributed by atoms with Gasteiger partial charge in [0.05, 0.1) is 12.2 Å². The number of alkyl halides is 3. The van der Waals surface area contributed by atoms with E-state index in [9.17, 15) is 23.1 Å². The fourth-order valence-electron chi connectivity index (χ4n) is 1.57. The third-order valence-electron chi connectivity index (χ3n) is 2.48. The Labute approximate surface area is 108 Å². The van der Waals surface area contributed by atoms with E-state index < -0.39 is 35.4 Å². The maximum atomic E-state index is 12.8. The van der Waals surface area contributed by atoms with Crippen molar-refractivity contribution >= 4 is 5.97 Å². The summed E-state index contributed by atoms with van der Waals surface area (Å²) < 4.78 is 42.8. The van der Waals surface area contributed by atoms with Gasteiger partial charge in [-0.15, -0.1) is 0 Å². The number of rotatable bonds is 4. The summed E-state index contributed by atoms with van der Waals surface area (Å²) in [6.07, 6.45) is -6.41. The highest BCUT2D eigenvalue weighted by Gasteiger charge is 2.37. The van der Waals surface area contributed by atoms with Gasteiger partial charge in [-0.1, -0.05) is 18.2 Å². The smallest absolute Gasteiger partial charge is 0.416 e. The maximum Gasteiger partial charge on any atom is 0.416 e. The average Bonchev–Trinajstić information content (AvgIpc) is 2.36. The second-order valence-corrected chi connectivity index (χ2v) is 3.81. The highest BCUT2D eigenvalue weighted by Crippen LogP contribution is 2.35. The Morgan fingerprint density at radius 2 is 2.00 bits per heavy atom. The number of ether oxygens (including phenoxy) is 1. The molecule has 4 nitrogen and oxygen atoms in total. The number of esters is 1. The van der Waals surface area contributed by atoms with Gasteiger partial charge in [0.1, 0.15) is 12.1 Å². The quantitative estimate of drug-likeness (QED) is 0.820. The molecule has 0 heterocycles. The minimum Gasteiger partial charge on any atom is -0.465 e. The Morgan fingerprint density at radius 1 is 1.42 bits per heavy atom. The van der Waals surface area contributed by atoms with Crippen molar-refractivity contribution in [2.75, 3.05) is 6.61 Å². The third-order valence-corrected chi connectivity index (χ3v) is 2.48. The Bertz CT molecular complexity index is 448. The van der Waals surface area contributed by atoms with E-state index in [1.165, 1.54) is 19.1 Å². The first-order valence-electron chi connectivity index (χ1n) is 5.55. The molecule has 0 amide bonds. The number of benzene rings is 1. The van der Waals surface area contributed by atoms with Crippen LogP contribution < -0.4 is 5.73 Å². The van der Waals surface area contributed by atoms with Crippen LogP contribution >= 0.6 is 0 Å². The van der Waals surface area contributed by atoms with Crippen LogP contribution in [0.5, 0.6) is 0 Å². The predicted octanol–water partition coefficient (Wildman–Crippen LogP) is 1.63. The molecule has 1 aromatic rings. The van der Waals surface area contributed by atoms with Gasteiger partial charge < -0.3 is 15.6 Å². The van der Waals surface area contributed by atoms with E-state index in [-0.39, 0.29) is 6.61 Å². The molecule has 0 aliphatic rings. The molecule has 0 aliphatic heterocycles. The minimum atomic E-state index is -4.63. The molecule has 7 heteroatoms. The molecule has 0 bridgehead atoms. The van der Waals surface area contributed by atoms with Crippen LogP contribution in [0.4, 0.5) is 13.2 Å². The lowest BCUT2D eigenvalue weighted by Gasteiger charge is -2.21. The average molecular weight is 277 g/mol. The number of hydrogen-bond acceptors (Lipinski definition) is 4. The molecule has 0 radical (unpaired) electrons. The summed E-state index contributed by atoms with van der Waals surface area (Å²) in [5, 5.41) is 9.80. The second kappa shape index (κ2) is 6.03. The van der Waals surface area contributed by atoms with Gasteiger partial charge in [0, 0.05) is 0 Å². The standard InChI is InChI=1S/C12H14F3NO3/c1-2-19-11(18)9(16)10(17)7-5-3-4-6-8(7)12(13,14)15/h3-6,9-10,17H,2,16H2,1H3. The lowest BCUT2D eigenvalue weighted by molar-refractivity contribution is -0.149. The summed E-state index contributed by atoms with van der Waals surface area (Å²) in [5.41, 5.74) is 3.92. The summed E-state index contributed by atoms with van der Waals surface area (Å²) in [6, 6.07) is 2.84. The van der Waals surface area contributed by atoms with E-state index in [0.717, 1.165) is 12.1 Å². The zero-order valence-electron chi connectivity index (χ0n) is 10.1. The van der Waals surface area contributed by atoms with Crippen LogP contribution in [0.3, 0.4) is 0 Å². The third kappa shape index (κ3) is 3.68. The van der Waals surface area contributed by atoms with Crippen molar-refractivity contribution in [1.29, 1.82) is 0 Å². The highest BCUT2D eigenvalue weighted by atomic mass is 19.4. The number of nitrogens with two attached hydrogens (primary N) is 1. The lowest BCUT2D eigenvalue weighted by Crippen LogP contribution is -2.38. The van der Waals surface area contributed by atoms with E-state index in [2.05, 4.69) is 4.74 Å². The Kier molecular flexibility index (Phi) is 4.90. The summed E-state index contributed by atoms with van der Waals surface area (Å²) in [4.78, 5) is 11.3. The summed E-state index contributed by atoms with van der Waals surface area (Å²) in [7, 11) is 0. The molecule has 106 valence electrons. The Hall–Kier alpha value is -1.60. The SMILES string of the molecule is CCOC(=O)C(N)C(O)c1ccccc1C(F)(F)F. The van der Waals surface area contributed by atoms with Gasteiger partial charge in [-0.3, -0.25) is 4.79 Å². The molecule has 0 spiro atoms. The number of aliphatic hydroxyl groups excluding tert-OH is 1. The first-order chi connectivity index (χ1) is 8.79. The molecule has 0 fully saturated rings. The van der Waals surface area contributed by atoms with Crippen molar-refractivity contribution in [3.63, 3.8) is 0 Å². The summed E-state index contributed by atoms with van der Waals surface area (Å²) in [6.45, 7) is 1.56. The van der Waals surface area contributed by atoms with Crippen LogP contribution in [-0.2, 0) is 15.7 Å². The predicted molar refractivity (Wildman–Crippen MR) is 61.0 cm³/mol. The fraction of sp³-hybridized carbons (Fsp3) is 0.417. The van der Waals surface area contributed by atoms with E-state index in [1.807, 2.05) is 0 Å². The molecule has 0 aliphatic carbocycles. The molecule has 19 heavy (non-hydrogen) atoms. The molecule has 1 aromatic carbocycles. The van der Waals surface area contributed by atoms with Crippen molar-refractivity contribution in [2.24, 2.45) is 5.73 Å². The number of hydrogen-bond donors (Lipinski definition) is 2. The highest BCUT2D eigenvalue weighted by molar-refractivity contribution is 5.76. The normalized spacial score (nSPS) is 14.8. The van der Waals surface area contributed by atoms with Gasteiger partial charge in [-0.25, -0.2) is 0 Å². The van der Waals surface area contributed by atoms with Crippen LogP contribution in [0.15, 0.2) is 24.3 Å². The fourth-order valence-corrected chi connectivity index (χ4v) is 1.57. The molecule has 2 atom stereocenters. The molecule has 2 unspecified atom stereocenters. The van der Waals surface area contributed by atoms with Crippen molar-refractivity contribution in [1.82, 2.24) is 0 Å². The maximum absolute atomic E-state index is 12.8. The lowest BCUT2D eigenvalue weighted by atomic mass is 9.97.